The number of nitrogens with two attached hydrogens (primary N) is 1. The van der Waals surface area contributed by atoms with Crippen molar-refractivity contribution in [2.24, 2.45) is 5.84 Å². The van der Waals surface area contributed by atoms with Crippen molar-refractivity contribution in [3.63, 3.8) is 0 Å². The van der Waals surface area contributed by atoms with E-state index in [4.69, 9.17) is 5.84 Å². The van der Waals surface area contributed by atoms with E-state index in [9.17, 15) is 9.59 Å². The first-order valence-electron chi connectivity index (χ1n) is 6.51. The minimum Gasteiger partial charge on any atom is -0.359 e. The summed E-state index contributed by atoms with van der Waals surface area (Å²) in [6, 6.07) is 9.17. The molecular weight excluding hydrogens is 270 g/mol. The van der Waals surface area contributed by atoms with Crippen LogP contribution in [0.15, 0.2) is 30.3 Å². The summed E-state index contributed by atoms with van der Waals surface area (Å²) in [5.74, 6) is 5.40. The average Bonchev–Trinajstić information content (AvgIpc) is 2.53. The van der Waals surface area contributed by atoms with Crippen LogP contribution in [0.25, 0.3) is 10.8 Å². The Kier molecular flexibility index (Phi) is 4.68. The Hall–Kier alpha value is -2.67. The minimum absolute atomic E-state index is 0.133. The van der Waals surface area contributed by atoms with Gasteiger partial charge in [-0.2, -0.15) is 0 Å². The number of nitrogens with one attached hydrogen (secondary N) is 3. The Balaban J connectivity index is 2.17. The first kappa shape index (κ1) is 14.7. The van der Waals surface area contributed by atoms with Crippen molar-refractivity contribution in [1.82, 2.24) is 15.6 Å². The molecule has 110 valence electrons. The van der Waals surface area contributed by atoms with Crippen LogP contribution in [0.1, 0.15) is 16.9 Å². The summed E-state index contributed by atoms with van der Waals surface area (Å²) < 4.78 is 0. The second kappa shape index (κ2) is 6.67. The van der Waals surface area contributed by atoms with Crippen molar-refractivity contribution < 1.29 is 9.59 Å². The zero-order chi connectivity index (χ0) is 15.2. The number of rotatable bonds is 5. The van der Waals surface area contributed by atoms with Crippen LogP contribution >= 0.6 is 0 Å². The Bertz CT molecular complexity index is 671. The predicted molar refractivity (Wildman–Crippen MR) is 80.6 cm³/mol. The van der Waals surface area contributed by atoms with Crippen LogP contribution in [-0.4, -0.2) is 30.4 Å². The molecule has 0 bridgehead atoms. The van der Waals surface area contributed by atoms with Gasteiger partial charge in [0, 0.05) is 25.4 Å². The number of carbonyl (C=O) groups excluding carboxylic acids is 2. The molecule has 2 rings (SSSR count). The largest absolute Gasteiger partial charge is 0.359 e. The molecule has 0 saturated carbocycles. The van der Waals surface area contributed by atoms with Gasteiger partial charge >= 0.3 is 0 Å². The number of pyridine rings is 1. The summed E-state index contributed by atoms with van der Waals surface area (Å²) in [7, 11) is 1.55. The van der Waals surface area contributed by atoms with Crippen molar-refractivity contribution in [2.45, 2.75) is 6.42 Å². The van der Waals surface area contributed by atoms with Crippen LogP contribution in [0.3, 0.4) is 0 Å². The quantitative estimate of drug-likeness (QED) is 0.470. The fourth-order valence-electron chi connectivity index (χ4n) is 1.93. The molecule has 1 heterocycles. The summed E-state index contributed by atoms with van der Waals surface area (Å²) in [6.45, 7) is 0.248. The Morgan fingerprint density at radius 2 is 2.05 bits per heavy atom. The van der Waals surface area contributed by atoms with E-state index < -0.39 is 0 Å². The van der Waals surface area contributed by atoms with Gasteiger partial charge in [-0.15, -0.1) is 0 Å². The zero-order valence-electron chi connectivity index (χ0n) is 11.6. The topological polar surface area (TPSA) is 109 Å². The fraction of sp³-hybridized carbons (Fsp3) is 0.214. The second-order valence-corrected chi connectivity index (χ2v) is 4.40. The number of carbonyl (C=O) groups is 2. The molecule has 7 nitrogen and oxygen atoms in total. The first-order valence-corrected chi connectivity index (χ1v) is 6.51. The van der Waals surface area contributed by atoms with Crippen LogP contribution in [-0.2, 0) is 4.79 Å². The molecule has 0 atom stereocenters. The number of nitrogen functional groups attached to an aromatic ring is 1. The average molecular weight is 287 g/mol. The van der Waals surface area contributed by atoms with E-state index in [1.807, 2.05) is 24.3 Å². The van der Waals surface area contributed by atoms with Crippen LogP contribution in [0.5, 0.6) is 0 Å². The number of anilines is 1. The van der Waals surface area contributed by atoms with Crippen LogP contribution < -0.4 is 21.9 Å². The molecule has 21 heavy (non-hydrogen) atoms. The maximum Gasteiger partial charge on any atom is 0.270 e. The molecule has 0 aliphatic heterocycles. The van der Waals surface area contributed by atoms with E-state index in [0.29, 0.717) is 5.82 Å². The van der Waals surface area contributed by atoms with Crippen molar-refractivity contribution in [3.8, 4) is 0 Å². The lowest BCUT2D eigenvalue weighted by atomic mass is 10.1. The summed E-state index contributed by atoms with van der Waals surface area (Å²) in [5, 5.41) is 6.83. The smallest absolute Gasteiger partial charge is 0.270 e. The molecule has 0 saturated heterocycles. The molecule has 0 radical (unpaired) electrons. The molecule has 1 aromatic heterocycles. The second-order valence-electron chi connectivity index (χ2n) is 4.40. The zero-order valence-corrected chi connectivity index (χ0v) is 11.6. The van der Waals surface area contributed by atoms with Gasteiger partial charge in [0.2, 0.25) is 5.91 Å². The SMILES string of the molecule is CNC(=O)CCNC(=O)c1cc2ccccc2c(NN)n1. The van der Waals surface area contributed by atoms with E-state index >= 15 is 0 Å². The van der Waals surface area contributed by atoms with Gasteiger partial charge in [0.15, 0.2) is 0 Å². The van der Waals surface area contributed by atoms with E-state index in [0.717, 1.165) is 10.8 Å². The van der Waals surface area contributed by atoms with Gasteiger partial charge in [0.25, 0.3) is 5.91 Å². The number of nitrogens with zero attached hydrogens (tertiary/aromatic N) is 1. The van der Waals surface area contributed by atoms with Gasteiger partial charge in [-0.25, -0.2) is 10.8 Å². The molecule has 0 fully saturated rings. The highest BCUT2D eigenvalue weighted by Crippen LogP contribution is 2.21. The molecule has 0 aliphatic rings. The summed E-state index contributed by atoms with van der Waals surface area (Å²) in [5.41, 5.74) is 2.74. The Labute approximate surface area is 121 Å². The molecule has 0 unspecified atom stereocenters. The highest BCUT2D eigenvalue weighted by Gasteiger charge is 2.11. The lowest BCUT2D eigenvalue weighted by molar-refractivity contribution is -0.120. The maximum atomic E-state index is 12.1. The van der Waals surface area contributed by atoms with Crippen molar-refractivity contribution in [2.75, 3.05) is 19.0 Å². The number of hydrogen-bond donors (Lipinski definition) is 4. The number of fused-ring (bicyclic) bond motifs is 1. The number of aromatic nitrogens is 1. The highest BCUT2D eigenvalue weighted by molar-refractivity contribution is 6.00. The van der Waals surface area contributed by atoms with Crippen LogP contribution in [0, 0.1) is 0 Å². The molecule has 0 aliphatic carbocycles. The third-order valence-electron chi connectivity index (χ3n) is 3.03. The summed E-state index contributed by atoms with van der Waals surface area (Å²) in [4.78, 5) is 27.3. The molecule has 5 N–H and O–H groups in total. The maximum absolute atomic E-state index is 12.1. The number of hydrogen-bond acceptors (Lipinski definition) is 5. The van der Waals surface area contributed by atoms with Crippen LogP contribution in [0.2, 0.25) is 0 Å². The standard InChI is InChI=1S/C14H17N5O2/c1-16-12(20)6-7-17-14(21)11-8-9-4-2-3-5-10(9)13(18-11)19-15/h2-5,8H,6-7,15H2,1H3,(H,16,20)(H,17,21)(H,18,19). The van der Waals surface area contributed by atoms with Gasteiger partial charge in [-0.1, -0.05) is 24.3 Å². The minimum atomic E-state index is -0.346. The van der Waals surface area contributed by atoms with Crippen molar-refractivity contribution in [1.29, 1.82) is 0 Å². The fourth-order valence-corrected chi connectivity index (χ4v) is 1.93. The third kappa shape index (κ3) is 3.46. The monoisotopic (exact) mass is 287 g/mol. The van der Waals surface area contributed by atoms with Crippen molar-refractivity contribution >= 4 is 28.4 Å². The molecule has 2 amide bonds. The Morgan fingerprint density at radius 1 is 1.29 bits per heavy atom. The van der Waals surface area contributed by atoms with Crippen molar-refractivity contribution in [3.05, 3.63) is 36.0 Å². The van der Waals surface area contributed by atoms with Gasteiger partial charge in [-0.3, -0.25) is 9.59 Å². The number of amides is 2. The molecule has 1 aromatic carbocycles. The first-order chi connectivity index (χ1) is 10.2. The van der Waals surface area contributed by atoms with E-state index in [1.165, 1.54) is 0 Å². The van der Waals surface area contributed by atoms with Gasteiger partial charge in [-0.05, 0) is 11.5 Å². The molecule has 7 heteroatoms. The predicted octanol–water partition coefficient (Wildman–Crippen LogP) is 0.386. The molecule has 0 spiro atoms. The number of hydrazine groups is 1. The van der Waals surface area contributed by atoms with E-state index in [2.05, 4.69) is 21.0 Å². The summed E-state index contributed by atoms with van der Waals surface area (Å²) in [6.07, 6.45) is 0.220. The lowest BCUT2D eigenvalue weighted by Crippen LogP contribution is -2.29. The van der Waals surface area contributed by atoms with Gasteiger partial charge in [0.1, 0.15) is 11.5 Å². The Morgan fingerprint density at radius 3 is 2.76 bits per heavy atom. The van der Waals surface area contributed by atoms with E-state index in [-0.39, 0.29) is 30.5 Å². The molecular formula is C14H17N5O2. The third-order valence-corrected chi connectivity index (χ3v) is 3.03. The lowest BCUT2D eigenvalue weighted by Gasteiger charge is -2.09. The number of benzene rings is 1. The van der Waals surface area contributed by atoms with Gasteiger partial charge in [0.05, 0.1) is 0 Å². The normalized spacial score (nSPS) is 10.2. The van der Waals surface area contributed by atoms with Gasteiger partial charge < -0.3 is 16.1 Å². The van der Waals surface area contributed by atoms with E-state index in [1.54, 1.807) is 13.1 Å². The molecule has 2 aromatic rings. The summed E-state index contributed by atoms with van der Waals surface area (Å²) >= 11 is 0. The highest BCUT2D eigenvalue weighted by atomic mass is 16.2. The van der Waals surface area contributed by atoms with Crippen LogP contribution in [0.4, 0.5) is 5.82 Å².